The van der Waals surface area contributed by atoms with Crippen molar-refractivity contribution in [3.63, 3.8) is 0 Å². The van der Waals surface area contributed by atoms with E-state index in [1.165, 1.54) is 5.56 Å². The molecular weight excluding hydrogens is 384 g/mol. The zero-order valence-electron chi connectivity index (χ0n) is 16.6. The van der Waals surface area contributed by atoms with Crippen LogP contribution in [-0.4, -0.2) is 53.6 Å². The number of piperazine rings is 1. The van der Waals surface area contributed by atoms with E-state index in [0.29, 0.717) is 41.7 Å². The molecular formula is C19H27ClN4O2S. The summed E-state index contributed by atoms with van der Waals surface area (Å²) in [5.41, 5.74) is 4.90. The Labute approximate surface area is 166 Å². The average Bonchev–Trinajstić information content (AvgIpc) is 2.84. The molecule has 0 aliphatic carbocycles. The molecule has 1 aliphatic heterocycles. The maximum Gasteiger partial charge on any atom is 0.243 e. The van der Waals surface area contributed by atoms with Gasteiger partial charge in [0.15, 0.2) is 0 Å². The predicted octanol–water partition coefficient (Wildman–Crippen LogP) is 2.81. The number of halogens is 1. The summed E-state index contributed by atoms with van der Waals surface area (Å²) in [5, 5.41) is 5.06. The van der Waals surface area contributed by atoms with Crippen LogP contribution in [-0.2, 0) is 23.6 Å². The third kappa shape index (κ3) is 3.92. The van der Waals surface area contributed by atoms with Gasteiger partial charge in [0, 0.05) is 56.1 Å². The Morgan fingerprint density at radius 2 is 1.67 bits per heavy atom. The SMILES string of the molecule is Cc1cc(S(=O)(=O)N2CCN(Cc3c(C)nn(C)c3C)CC2)c(C)cc1Cl. The van der Waals surface area contributed by atoms with Gasteiger partial charge < -0.3 is 0 Å². The molecule has 1 saturated heterocycles. The fourth-order valence-electron chi connectivity index (χ4n) is 3.57. The Balaban J connectivity index is 1.72. The first-order valence-electron chi connectivity index (χ1n) is 9.09. The molecule has 1 aromatic carbocycles. The zero-order valence-corrected chi connectivity index (χ0v) is 18.2. The minimum Gasteiger partial charge on any atom is -0.296 e. The Morgan fingerprint density at radius 3 is 2.22 bits per heavy atom. The van der Waals surface area contributed by atoms with Crippen LogP contribution in [0.25, 0.3) is 0 Å². The van der Waals surface area contributed by atoms with Crippen LogP contribution in [0.2, 0.25) is 5.02 Å². The minimum atomic E-state index is -3.51. The second-order valence-electron chi connectivity index (χ2n) is 7.32. The molecule has 0 amide bonds. The van der Waals surface area contributed by atoms with Gasteiger partial charge in [0.2, 0.25) is 10.0 Å². The van der Waals surface area contributed by atoms with E-state index in [0.717, 1.165) is 23.5 Å². The molecule has 6 nitrogen and oxygen atoms in total. The van der Waals surface area contributed by atoms with Crippen molar-refractivity contribution in [2.75, 3.05) is 26.2 Å². The van der Waals surface area contributed by atoms with E-state index in [-0.39, 0.29) is 0 Å². The van der Waals surface area contributed by atoms with Gasteiger partial charge in [0.1, 0.15) is 0 Å². The molecule has 0 saturated carbocycles. The van der Waals surface area contributed by atoms with Crippen LogP contribution in [0.4, 0.5) is 0 Å². The van der Waals surface area contributed by atoms with Crippen molar-refractivity contribution in [2.45, 2.75) is 39.1 Å². The van der Waals surface area contributed by atoms with E-state index in [1.807, 2.05) is 25.6 Å². The minimum absolute atomic E-state index is 0.358. The van der Waals surface area contributed by atoms with Gasteiger partial charge in [-0.2, -0.15) is 9.40 Å². The van der Waals surface area contributed by atoms with Crippen molar-refractivity contribution >= 4 is 21.6 Å². The molecule has 1 aliphatic rings. The summed E-state index contributed by atoms with van der Waals surface area (Å²) in [6.07, 6.45) is 0. The van der Waals surface area contributed by atoms with Crippen LogP contribution >= 0.6 is 11.6 Å². The highest BCUT2D eigenvalue weighted by Gasteiger charge is 2.30. The van der Waals surface area contributed by atoms with Crippen molar-refractivity contribution in [1.82, 2.24) is 19.0 Å². The lowest BCUT2D eigenvalue weighted by Crippen LogP contribution is -2.48. The van der Waals surface area contributed by atoms with Gasteiger partial charge >= 0.3 is 0 Å². The molecule has 0 radical (unpaired) electrons. The molecule has 8 heteroatoms. The van der Waals surface area contributed by atoms with E-state index >= 15 is 0 Å². The number of aryl methyl sites for hydroxylation is 4. The number of hydrogen-bond acceptors (Lipinski definition) is 4. The lowest BCUT2D eigenvalue weighted by Gasteiger charge is -2.34. The largest absolute Gasteiger partial charge is 0.296 e. The molecule has 0 N–H and O–H groups in total. The molecule has 2 heterocycles. The highest BCUT2D eigenvalue weighted by Crippen LogP contribution is 2.27. The normalized spacial score (nSPS) is 16.8. The molecule has 0 unspecified atom stereocenters. The van der Waals surface area contributed by atoms with Crippen molar-refractivity contribution in [1.29, 1.82) is 0 Å². The molecule has 1 aromatic heterocycles. The fraction of sp³-hybridized carbons (Fsp3) is 0.526. The second kappa shape index (κ2) is 7.54. The Morgan fingerprint density at radius 1 is 1.04 bits per heavy atom. The Bertz CT molecular complexity index is 961. The first-order chi connectivity index (χ1) is 12.6. The molecule has 2 aromatic rings. The Kier molecular flexibility index (Phi) is 5.68. The zero-order chi connectivity index (χ0) is 19.9. The summed E-state index contributed by atoms with van der Waals surface area (Å²) in [6.45, 7) is 10.9. The average molecular weight is 411 g/mol. The van der Waals surface area contributed by atoms with E-state index < -0.39 is 10.0 Å². The first-order valence-corrected chi connectivity index (χ1v) is 10.9. The van der Waals surface area contributed by atoms with Crippen LogP contribution in [0.15, 0.2) is 17.0 Å². The standard InChI is InChI=1S/C19H27ClN4O2S/c1-13-11-19(14(2)10-18(13)20)27(25,26)24-8-6-23(7-9-24)12-17-15(3)21-22(5)16(17)4/h10-11H,6-9,12H2,1-5H3. The van der Waals surface area contributed by atoms with E-state index in [9.17, 15) is 8.42 Å². The lowest BCUT2D eigenvalue weighted by molar-refractivity contribution is 0.181. The summed E-state index contributed by atoms with van der Waals surface area (Å²) in [6, 6.07) is 3.41. The van der Waals surface area contributed by atoms with Crippen molar-refractivity contribution < 1.29 is 8.42 Å². The third-order valence-electron chi connectivity index (χ3n) is 5.45. The van der Waals surface area contributed by atoms with Crippen LogP contribution in [0, 0.1) is 27.7 Å². The number of sulfonamides is 1. The fourth-order valence-corrected chi connectivity index (χ4v) is 5.50. The first kappa shape index (κ1) is 20.3. The molecule has 27 heavy (non-hydrogen) atoms. The summed E-state index contributed by atoms with van der Waals surface area (Å²) in [7, 11) is -1.56. The predicted molar refractivity (Wildman–Crippen MR) is 108 cm³/mol. The molecule has 148 valence electrons. The van der Waals surface area contributed by atoms with Crippen molar-refractivity contribution in [3.8, 4) is 0 Å². The van der Waals surface area contributed by atoms with E-state index in [4.69, 9.17) is 11.6 Å². The van der Waals surface area contributed by atoms with Crippen molar-refractivity contribution in [2.24, 2.45) is 7.05 Å². The summed E-state index contributed by atoms with van der Waals surface area (Å²) >= 11 is 6.12. The maximum atomic E-state index is 13.1. The van der Waals surface area contributed by atoms with Gasteiger partial charge in [0.05, 0.1) is 10.6 Å². The van der Waals surface area contributed by atoms with Crippen LogP contribution in [0.3, 0.4) is 0 Å². The third-order valence-corrected chi connectivity index (χ3v) is 7.89. The highest BCUT2D eigenvalue weighted by atomic mass is 35.5. The monoisotopic (exact) mass is 410 g/mol. The number of rotatable bonds is 4. The van der Waals surface area contributed by atoms with Gasteiger partial charge in [-0.1, -0.05) is 11.6 Å². The summed E-state index contributed by atoms with van der Waals surface area (Å²) in [4.78, 5) is 2.65. The van der Waals surface area contributed by atoms with Crippen molar-refractivity contribution in [3.05, 3.63) is 45.2 Å². The molecule has 0 bridgehead atoms. The van der Waals surface area contributed by atoms with E-state index in [2.05, 4.69) is 16.9 Å². The van der Waals surface area contributed by atoms with Gasteiger partial charge in [-0.3, -0.25) is 9.58 Å². The van der Waals surface area contributed by atoms with Crippen LogP contribution < -0.4 is 0 Å². The van der Waals surface area contributed by atoms with Crippen LogP contribution in [0.5, 0.6) is 0 Å². The Hall–Kier alpha value is -1.41. The van der Waals surface area contributed by atoms with Gasteiger partial charge in [-0.15, -0.1) is 0 Å². The van der Waals surface area contributed by atoms with Gasteiger partial charge in [0.25, 0.3) is 0 Å². The quantitative estimate of drug-likeness (QED) is 0.777. The maximum absolute atomic E-state index is 13.1. The number of hydrogen-bond donors (Lipinski definition) is 0. The second-order valence-corrected chi connectivity index (χ2v) is 9.63. The van der Waals surface area contributed by atoms with E-state index in [1.54, 1.807) is 23.4 Å². The smallest absolute Gasteiger partial charge is 0.243 e. The molecule has 0 spiro atoms. The number of nitrogens with zero attached hydrogens (tertiary/aromatic N) is 4. The summed E-state index contributed by atoms with van der Waals surface area (Å²) in [5.74, 6) is 0. The number of aromatic nitrogens is 2. The highest BCUT2D eigenvalue weighted by molar-refractivity contribution is 7.89. The molecule has 3 rings (SSSR count). The lowest BCUT2D eigenvalue weighted by atomic mass is 10.1. The molecule has 0 atom stereocenters. The van der Waals surface area contributed by atoms with Gasteiger partial charge in [-0.25, -0.2) is 8.42 Å². The van der Waals surface area contributed by atoms with Crippen LogP contribution in [0.1, 0.15) is 28.1 Å². The summed E-state index contributed by atoms with van der Waals surface area (Å²) < 4.78 is 29.7. The number of benzene rings is 1. The van der Waals surface area contributed by atoms with Gasteiger partial charge in [-0.05, 0) is 51.0 Å². The molecule has 1 fully saturated rings. The topological polar surface area (TPSA) is 58.4 Å².